The molecule has 0 aliphatic rings. The van der Waals surface area contributed by atoms with Crippen molar-refractivity contribution in [2.24, 2.45) is 0 Å². The Balaban J connectivity index is 1.78. The maximum atomic E-state index is 12.7. The first-order valence-corrected chi connectivity index (χ1v) is 11.6. The van der Waals surface area contributed by atoms with Crippen LogP contribution >= 0.6 is 23.1 Å². The van der Waals surface area contributed by atoms with Crippen molar-refractivity contribution in [3.8, 4) is 11.4 Å². The molecule has 33 heavy (non-hydrogen) atoms. The molecule has 0 radical (unpaired) electrons. The molecule has 0 atom stereocenters. The topological polar surface area (TPSA) is 137 Å². The predicted molar refractivity (Wildman–Crippen MR) is 123 cm³/mol. The van der Waals surface area contributed by atoms with Crippen molar-refractivity contribution in [2.45, 2.75) is 19.0 Å². The van der Waals surface area contributed by atoms with Gasteiger partial charge in [-0.05, 0) is 42.0 Å². The van der Waals surface area contributed by atoms with Crippen LogP contribution in [0, 0.1) is 6.92 Å². The van der Waals surface area contributed by atoms with Gasteiger partial charge in [0.1, 0.15) is 16.4 Å². The maximum absolute atomic E-state index is 12.7. The molecule has 2 aromatic heterocycles. The van der Waals surface area contributed by atoms with E-state index in [1.54, 1.807) is 33.1 Å². The van der Waals surface area contributed by atoms with Crippen LogP contribution in [0.1, 0.15) is 32.5 Å². The highest BCUT2D eigenvalue weighted by atomic mass is 32.2. The number of ether oxygens (including phenoxy) is 2. The second kappa shape index (κ2) is 10.9. The third kappa shape index (κ3) is 5.31. The van der Waals surface area contributed by atoms with Crippen LogP contribution in [0.5, 0.6) is 5.75 Å². The van der Waals surface area contributed by atoms with Gasteiger partial charge in [0, 0.05) is 7.05 Å². The number of rotatable bonds is 9. The highest BCUT2D eigenvalue weighted by Gasteiger charge is 2.26. The Morgan fingerprint density at radius 2 is 2.00 bits per heavy atom. The van der Waals surface area contributed by atoms with Gasteiger partial charge in [0.25, 0.3) is 5.91 Å². The number of carbonyl (C=O) groups excluding carboxylic acids is 3. The van der Waals surface area contributed by atoms with E-state index in [-0.39, 0.29) is 28.8 Å². The molecule has 1 aromatic carbocycles. The average Bonchev–Trinajstić information content (AvgIpc) is 3.41. The number of thiophene rings is 1. The molecule has 0 aliphatic heterocycles. The van der Waals surface area contributed by atoms with Gasteiger partial charge >= 0.3 is 5.97 Å². The molecule has 3 rings (SSSR count). The minimum Gasteiger partial charge on any atom is -0.494 e. The van der Waals surface area contributed by atoms with E-state index in [9.17, 15) is 14.4 Å². The van der Waals surface area contributed by atoms with Gasteiger partial charge in [-0.1, -0.05) is 23.9 Å². The zero-order valence-corrected chi connectivity index (χ0v) is 20.0. The number of nitrogens with one attached hydrogen (secondary N) is 2. The van der Waals surface area contributed by atoms with Crippen molar-refractivity contribution < 1.29 is 23.9 Å². The first kappa shape index (κ1) is 24.2. The Labute approximate surface area is 197 Å². The van der Waals surface area contributed by atoms with Crippen molar-refractivity contribution in [1.82, 2.24) is 25.5 Å². The molecule has 13 heteroatoms. The Morgan fingerprint density at radius 3 is 2.70 bits per heavy atom. The Bertz CT molecular complexity index is 1180. The van der Waals surface area contributed by atoms with Gasteiger partial charge in [-0.2, -0.15) is 4.68 Å². The summed E-state index contributed by atoms with van der Waals surface area (Å²) in [5.41, 5.74) is 1.24. The standard InChI is InChI=1S/C20H22N6O5S2/c1-5-31-19(29)15-11(2)16(17(28)21-3)33-18(15)22-14(27)10-32-20-23-24-25-26(20)12-8-6-7-9-13(12)30-4/h6-9H,5,10H2,1-4H3,(H,21,28)(H,22,27). The molecule has 0 fully saturated rings. The van der Waals surface area contributed by atoms with Gasteiger partial charge in [0.2, 0.25) is 11.1 Å². The van der Waals surface area contributed by atoms with Gasteiger partial charge in [-0.15, -0.1) is 16.4 Å². The van der Waals surface area contributed by atoms with E-state index in [0.29, 0.717) is 27.0 Å². The lowest BCUT2D eigenvalue weighted by Crippen LogP contribution is -2.18. The molecule has 2 amide bonds. The van der Waals surface area contributed by atoms with Gasteiger partial charge in [-0.25, -0.2) is 4.79 Å². The fourth-order valence-corrected chi connectivity index (χ4v) is 4.74. The van der Waals surface area contributed by atoms with Crippen LogP contribution in [0.2, 0.25) is 0 Å². The minimum atomic E-state index is -0.607. The van der Waals surface area contributed by atoms with Crippen LogP contribution in [0.15, 0.2) is 29.4 Å². The normalized spacial score (nSPS) is 10.5. The van der Waals surface area contributed by atoms with Crippen LogP contribution < -0.4 is 15.4 Å². The van der Waals surface area contributed by atoms with E-state index in [4.69, 9.17) is 9.47 Å². The largest absolute Gasteiger partial charge is 0.494 e. The number of benzene rings is 1. The molecular weight excluding hydrogens is 468 g/mol. The lowest BCUT2D eigenvalue weighted by atomic mass is 10.1. The van der Waals surface area contributed by atoms with Crippen molar-refractivity contribution in [3.05, 3.63) is 40.3 Å². The fourth-order valence-electron chi connectivity index (χ4n) is 2.90. The molecule has 0 saturated heterocycles. The van der Waals surface area contributed by atoms with Crippen molar-refractivity contribution in [3.63, 3.8) is 0 Å². The summed E-state index contributed by atoms with van der Waals surface area (Å²) >= 11 is 2.12. The number of nitrogens with zero attached hydrogens (tertiary/aromatic N) is 4. The number of anilines is 1. The van der Waals surface area contributed by atoms with Crippen molar-refractivity contribution >= 4 is 45.9 Å². The first-order valence-electron chi connectivity index (χ1n) is 9.78. The molecule has 0 aliphatic carbocycles. The number of methoxy groups -OCH3 is 1. The Morgan fingerprint density at radius 1 is 1.24 bits per heavy atom. The number of aromatic nitrogens is 4. The summed E-state index contributed by atoms with van der Waals surface area (Å²) in [6, 6.07) is 7.21. The van der Waals surface area contributed by atoms with Gasteiger partial charge in [0.05, 0.1) is 29.9 Å². The van der Waals surface area contributed by atoms with E-state index in [1.165, 1.54) is 11.7 Å². The SMILES string of the molecule is CCOC(=O)c1c(NC(=O)CSc2nnnn2-c2ccccc2OC)sc(C(=O)NC)c1C. The summed E-state index contributed by atoms with van der Waals surface area (Å²) in [7, 11) is 3.03. The second-order valence-corrected chi connectivity index (χ2v) is 8.40. The number of hydrogen-bond acceptors (Lipinski definition) is 10. The Hall–Kier alpha value is -3.45. The van der Waals surface area contributed by atoms with E-state index < -0.39 is 11.9 Å². The smallest absolute Gasteiger partial charge is 0.341 e. The minimum absolute atomic E-state index is 0.0377. The third-order valence-electron chi connectivity index (χ3n) is 4.40. The molecule has 3 aromatic rings. The predicted octanol–water partition coefficient (Wildman–Crippen LogP) is 2.31. The van der Waals surface area contributed by atoms with Gasteiger partial charge in [-0.3, -0.25) is 9.59 Å². The van der Waals surface area contributed by atoms with Crippen LogP contribution in [-0.4, -0.2) is 64.5 Å². The number of hydrogen-bond donors (Lipinski definition) is 2. The summed E-state index contributed by atoms with van der Waals surface area (Å²) in [6.45, 7) is 3.48. The zero-order chi connectivity index (χ0) is 24.0. The molecule has 11 nitrogen and oxygen atoms in total. The lowest BCUT2D eigenvalue weighted by molar-refractivity contribution is -0.113. The monoisotopic (exact) mass is 490 g/mol. The molecule has 0 spiro atoms. The van der Waals surface area contributed by atoms with Crippen molar-refractivity contribution in [2.75, 3.05) is 31.8 Å². The average molecular weight is 491 g/mol. The maximum Gasteiger partial charge on any atom is 0.341 e. The summed E-state index contributed by atoms with van der Waals surface area (Å²) in [5, 5.41) is 17.5. The Kier molecular flexibility index (Phi) is 8.01. The fraction of sp³-hybridized carbons (Fsp3) is 0.300. The summed E-state index contributed by atoms with van der Waals surface area (Å²) in [6.07, 6.45) is 0. The first-order chi connectivity index (χ1) is 15.9. The quantitative estimate of drug-likeness (QED) is 0.342. The number of esters is 1. The lowest BCUT2D eigenvalue weighted by Gasteiger charge is -2.09. The summed E-state index contributed by atoms with van der Waals surface area (Å²) in [4.78, 5) is 37.6. The van der Waals surface area contributed by atoms with E-state index in [1.807, 2.05) is 12.1 Å². The molecular formula is C20H22N6O5S2. The van der Waals surface area contributed by atoms with Gasteiger partial charge in [0.15, 0.2) is 0 Å². The van der Waals surface area contributed by atoms with Gasteiger partial charge < -0.3 is 20.1 Å². The van der Waals surface area contributed by atoms with Crippen LogP contribution in [0.25, 0.3) is 5.69 Å². The second-order valence-electron chi connectivity index (χ2n) is 6.44. The summed E-state index contributed by atoms with van der Waals surface area (Å²) in [5.74, 6) is -0.821. The van der Waals surface area contributed by atoms with Crippen LogP contribution in [0.3, 0.4) is 0 Å². The van der Waals surface area contributed by atoms with E-state index in [2.05, 4.69) is 26.2 Å². The molecule has 0 unspecified atom stereocenters. The molecule has 0 saturated carbocycles. The van der Waals surface area contributed by atoms with Crippen molar-refractivity contribution in [1.29, 1.82) is 0 Å². The molecule has 0 bridgehead atoms. The number of para-hydroxylation sites is 2. The molecule has 2 heterocycles. The number of tetrazole rings is 1. The third-order valence-corrected chi connectivity index (χ3v) is 6.52. The van der Waals surface area contributed by atoms with E-state index >= 15 is 0 Å². The number of amides is 2. The highest BCUT2D eigenvalue weighted by Crippen LogP contribution is 2.34. The van der Waals surface area contributed by atoms with Crippen LogP contribution in [0.4, 0.5) is 5.00 Å². The number of carbonyl (C=O) groups is 3. The highest BCUT2D eigenvalue weighted by molar-refractivity contribution is 7.99. The van der Waals surface area contributed by atoms with E-state index in [0.717, 1.165) is 23.1 Å². The van der Waals surface area contributed by atoms with Crippen LogP contribution in [-0.2, 0) is 9.53 Å². The number of thioether (sulfide) groups is 1. The molecule has 2 N–H and O–H groups in total. The molecule has 174 valence electrons. The zero-order valence-electron chi connectivity index (χ0n) is 18.4. The summed E-state index contributed by atoms with van der Waals surface area (Å²) < 4.78 is 11.9.